The van der Waals surface area contributed by atoms with E-state index in [4.69, 9.17) is 0 Å². The number of aromatic nitrogens is 2. The van der Waals surface area contributed by atoms with Crippen LogP contribution in [0, 0.1) is 5.92 Å². The van der Waals surface area contributed by atoms with Crippen LogP contribution in [0.15, 0.2) is 15.5 Å². The number of hydrogen-bond acceptors (Lipinski definition) is 5. The van der Waals surface area contributed by atoms with Crippen LogP contribution in [0.2, 0.25) is 0 Å². The largest absolute Gasteiger partial charge is 0.394 e. The molecule has 2 rings (SSSR count). The second-order valence-corrected chi connectivity index (χ2v) is 6.51. The van der Waals surface area contributed by atoms with Crippen molar-refractivity contribution in [1.82, 2.24) is 9.78 Å². The third kappa shape index (κ3) is 3.21. The molecule has 20 heavy (non-hydrogen) atoms. The van der Waals surface area contributed by atoms with Gasteiger partial charge in [0.25, 0.3) is 5.56 Å². The second kappa shape index (κ2) is 6.24. The summed E-state index contributed by atoms with van der Waals surface area (Å²) < 4.78 is 1.98. The normalized spacial score (nSPS) is 16.0. The Morgan fingerprint density at radius 2 is 2.15 bits per heavy atom. The molecule has 1 fully saturated rings. The maximum atomic E-state index is 12.4. The average Bonchev–Trinajstić information content (AvgIpc) is 2.40. The second-order valence-electron chi connectivity index (χ2n) is 5.65. The maximum Gasteiger partial charge on any atom is 0.291 e. The van der Waals surface area contributed by atoms with Crippen molar-refractivity contribution in [3.8, 4) is 0 Å². The smallest absolute Gasteiger partial charge is 0.291 e. The molecule has 0 bridgehead atoms. The highest BCUT2D eigenvalue weighted by Crippen LogP contribution is 2.27. The van der Waals surface area contributed by atoms with Gasteiger partial charge in [-0.3, -0.25) is 4.79 Å². The summed E-state index contributed by atoms with van der Waals surface area (Å²) in [6, 6.07) is 0. The molecule has 0 radical (unpaired) electrons. The van der Waals surface area contributed by atoms with Gasteiger partial charge in [-0.05, 0) is 41.6 Å². The van der Waals surface area contributed by atoms with E-state index in [1.807, 2.05) is 0 Å². The van der Waals surface area contributed by atoms with Gasteiger partial charge in [-0.25, -0.2) is 4.68 Å². The molecule has 1 saturated carbocycles. The van der Waals surface area contributed by atoms with E-state index in [9.17, 15) is 15.0 Å². The third-order valence-corrected chi connectivity index (χ3v) is 4.38. The van der Waals surface area contributed by atoms with Crippen LogP contribution in [-0.4, -0.2) is 38.7 Å². The van der Waals surface area contributed by atoms with Crippen LogP contribution < -0.4 is 10.9 Å². The van der Waals surface area contributed by atoms with Crippen molar-refractivity contribution in [3.05, 3.63) is 21.0 Å². The van der Waals surface area contributed by atoms with Crippen molar-refractivity contribution in [1.29, 1.82) is 0 Å². The van der Waals surface area contributed by atoms with E-state index >= 15 is 0 Å². The van der Waals surface area contributed by atoms with Crippen LogP contribution in [0.1, 0.15) is 26.2 Å². The molecule has 7 heteroatoms. The van der Waals surface area contributed by atoms with E-state index in [-0.39, 0.29) is 18.8 Å². The fraction of sp³-hybridized carbons (Fsp3) is 0.692. The summed E-state index contributed by atoms with van der Waals surface area (Å²) in [5, 5.41) is 25.7. The van der Waals surface area contributed by atoms with Crippen molar-refractivity contribution < 1.29 is 10.2 Å². The number of hydrogen-bond donors (Lipinski definition) is 3. The molecule has 0 spiro atoms. The van der Waals surface area contributed by atoms with Gasteiger partial charge in [0.2, 0.25) is 0 Å². The molecular formula is C13H20BrN3O3. The summed E-state index contributed by atoms with van der Waals surface area (Å²) in [7, 11) is 0. The monoisotopic (exact) mass is 345 g/mol. The maximum absolute atomic E-state index is 12.4. The lowest BCUT2D eigenvalue weighted by molar-refractivity contribution is 0.147. The molecule has 0 aromatic carbocycles. The molecule has 0 saturated heterocycles. The first-order chi connectivity index (χ1) is 9.49. The first-order valence-electron chi connectivity index (χ1n) is 6.74. The van der Waals surface area contributed by atoms with E-state index in [0.717, 1.165) is 12.8 Å². The predicted molar refractivity (Wildman–Crippen MR) is 79.7 cm³/mol. The molecular weight excluding hydrogens is 326 g/mol. The Kier molecular flexibility index (Phi) is 4.82. The number of aliphatic hydroxyl groups is 2. The van der Waals surface area contributed by atoms with Crippen LogP contribution in [-0.2, 0) is 6.54 Å². The minimum atomic E-state index is -0.947. The van der Waals surface area contributed by atoms with Gasteiger partial charge in [-0.2, -0.15) is 5.10 Å². The lowest BCUT2D eigenvalue weighted by atomic mass is 9.85. The van der Waals surface area contributed by atoms with E-state index in [1.165, 1.54) is 11.1 Å². The molecule has 1 aromatic rings. The van der Waals surface area contributed by atoms with E-state index in [2.05, 4.69) is 26.3 Å². The van der Waals surface area contributed by atoms with E-state index in [0.29, 0.717) is 22.6 Å². The van der Waals surface area contributed by atoms with Gasteiger partial charge in [0.15, 0.2) is 0 Å². The quantitative estimate of drug-likeness (QED) is 0.714. The molecule has 0 amide bonds. The zero-order valence-electron chi connectivity index (χ0n) is 11.5. The van der Waals surface area contributed by atoms with Gasteiger partial charge in [-0.1, -0.05) is 6.42 Å². The molecule has 0 unspecified atom stereocenters. The van der Waals surface area contributed by atoms with Crippen LogP contribution in [0.5, 0.6) is 0 Å². The first kappa shape index (κ1) is 15.5. The number of nitrogens with one attached hydrogen (secondary N) is 1. The van der Waals surface area contributed by atoms with Gasteiger partial charge in [0, 0.05) is 6.54 Å². The van der Waals surface area contributed by atoms with Gasteiger partial charge >= 0.3 is 0 Å². The van der Waals surface area contributed by atoms with Crippen molar-refractivity contribution >= 4 is 21.6 Å². The Balaban J connectivity index is 2.27. The third-order valence-electron chi connectivity index (χ3n) is 3.78. The number of aliphatic hydroxyl groups excluding tert-OH is 2. The summed E-state index contributed by atoms with van der Waals surface area (Å²) in [6.07, 6.45) is 5.06. The molecule has 1 aliphatic carbocycles. The van der Waals surface area contributed by atoms with E-state index < -0.39 is 5.54 Å². The summed E-state index contributed by atoms with van der Waals surface area (Å²) >= 11 is 3.29. The Bertz CT molecular complexity index is 524. The Hall–Kier alpha value is -0.920. The highest BCUT2D eigenvalue weighted by Gasteiger charge is 2.26. The molecule has 1 aliphatic rings. The Labute approximate surface area is 125 Å². The number of anilines is 1. The highest BCUT2D eigenvalue weighted by molar-refractivity contribution is 9.10. The van der Waals surface area contributed by atoms with Gasteiger partial charge in [0.05, 0.1) is 29.4 Å². The molecule has 6 nitrogen and oxygen atoms in total. The SMILES string of the molecule is CC(CO)(CO)Nc1c(Br)cnn(CC2CCC2)c1=O. The fourth-order valence-corrected chi connectivity index (χ4v) is 2.42. The topological polar surface area (TPSA) is 87.4 Å². The summed E-state index contributed by atoms with van der Waals surface area (Å²) in [6.45, 7) is 1.71. The Morgan fingerprint density at radius 3 is 2.65 bits per heavy atom. The van der Waals surface area contributed by atoms with Crippen molar-refractivity contribution in [2.75, 3.05) is 18.5 Å². The zero-order valence-corrected chi connectivity index (χ0v) is 13.1. The van der Waals surface area contributed by atoms with Crippen LogP contribution in [0.25, 0.3) is 0 Å². The molecule has 1 aromatic heterocycles. The number of nitrogens with zero attached hydrogens (tertiary/aromatic N) is 2. The van der Waals surface area contributed by atoms with Crippen LogP contribution in [0.3, 0.4) is 0 Å². The predicted octanol–water partition coefficient (Wildman–Crippen LogP) is 0.961. The lowest BCUT2D eigenvalue weighted by Gasteiger charge is -2.28. The summed E-state index contributed by atoms with van der Waals surface area (Å²) in [5.74, 6) is 0.524. The number of halogens is 1. The van der Waals surface area contributed by atoms with Crippen LogP contribution in [0.4, 0.5) is 5.69 Å². The molecule has 3 N–H and O–H groups in total. The standard InChI is InChI=1S/C13H20BrN3O3/c1-13(7-18,8-19)16-11-10(14)5-15-17(12(11)20)6-9-3-2-4-9/h5,9,16,18-19H,2-4,6-8H2,1H3. The zero-order chi connectivity index (χ0) is 14.8. The lowest BCUT2D eigenvalue weighted by Crippen LogP contribution is -2.45. The summed E-state index contributed by atoms with van der Waals surface area (Å²) in [4.78, 5) is 12.4. The van der Waals surface area contributed by atoms with Gasteiger partial charge in [0.1, 0.15) is 5.69 Å². The molecule has 112 valence electrons. The highest BCUT2D eigenvalue weighted by atomic mass is 79.9. The van der Waals surface area contributed by atoms with Gasteiger partial charge < -0.3 is 15.5 Å². The Morgan fingerprint density at radius 1 is 1.50 bits per heavy atom. The van der Waals surface area contributed by atoms with Crippen molar-refractivity contribution in [2.45, 2.75) is 38.3 Å². The van der Waals surface area contributed by atoms with E-state index in [1.54, 1.807) is 13.1 Å². The molecule has 0 aliphatic heterocycles. The van der Waals surface area contributed by atoms with Crippen LogP contribution >= 0.6 is 15.9 Å². The average molecular weight is 346 g/mol. The molecule has 0 atom stereocenters. The minimum Gasteiger partial charge on any atom is -0.394 e. The number of rotatable bonds is 6. The summed E-state index contributed by atoms with van der Waals surface area (Å²) in [5.41, 5.74) is -0.860. The van der Waals surface area contributed by atoms with Crippen molar-refractivity contribution in [3.63, 3.8) is 0 Å². The van der Waals surface area contributed by atoms with Gasteiger partial charge in [-0.15, -0.1) is 0 Å². The fourth-order valence-electron chi connectivity index (χ4n) is 2.06. The molecule has 1 heterocycles. The first-order valence-corrected chi connectivity index (χ1v) is 7.54. The minimum absolute atomic E-state index is 0.237. The van der Waals surface area contributed by atoms with Crippen molar-refractivity contribution in [2.24, 2.45) is 5.92 Å².